The number of hydrogen-bond donors (Lipinski definition) is 1. The Balaban J connectivity index is 2.27. The molecule has 0 aromatic carbocycles. The molecule has 0 spiro atoms. The first-order valence-corrected chi connectivity index (χ1v) is 7.79. The molecule has 18 heavy (non-hydrogen) atoms. The fraction of sp³-hybridized carbons (Fsp3) is 0.200. The Morgan fingerprint density at radius 3 is 2.78 bits per heavy atom. The predicted molar refractivity (Wildman–Crippen MR) is 71.5 cm³/mol. The van der Waals surface area contributed by atoms with Crippen molar-refractivity contribution in [2.24, 2.45) is 0 Å². The molecule has 8 heteroatoms. The summed E-state index contributed by atoms with van der Waals surface area (Å²) in [5, 5.41) is -0.00405. The summed E-state index contributed by atoms with van der Waals surface area (Å²) >= 11 is 6.83. The molecule has 5 nitrogen and oxygen atoms in total. The second-order valence-corrected chi connectivity index (χ2v) is 6.81. The second-order valence-electron chi connectivity index (χ2n) is 3.39. The molecular weight excluding hydrogens is 294 g/mol. The molecular formula is C10H10ClN3O2S2. The summed E-state index contributed by atoms with van der Waals surface area (Å²) in [6.45, 7) is 1.97. The van der Waals surface area contributed by atoms with Crippen LogP contribution >= 0.6 is 22.9 Å². The Bertz CT molecular complexity index is 655. The van der Waals surface area contributed by atoms with Gasteiger partial charge in [0.05, 0.1) is 0 Å². The minimum atomic E-state index is -3.60. The lowest BCUT2D eigenvalue weighted by atomic mass is 10.4. The predicted octanol–water partition coefficient (Wildman–Crippen LogP) is 2.55. The van der Waals surface area contributed by atoms with E-state index >= 15 is 0 Å². The molecule has 1 N–H and O–H groups in total. The van der Waals surface area contributed by atoms with Crippen LogP contribution in [0.15, 0.2) is 28.6 Å². The summed E-state index contributed by atoms with van der Waals surface area (Å²) in [6, 6.07) is 4.82. The molecule has 0 aliphatic rings. The third-order valence-corrected chi connectivity index (χ3v) is 5.37. The van der Waals surface area contributed by atoms with E-state index in [-0.39, 0.29) is 15.3 Å². The smallest absolute Gasteiger partial charge is 0.263 e. The SMILES string of the molecule is CCc1ccc(S(=O)(=O)Nc2ccnc(Cl)n2)s1. The van der Waals surface area contributed by atoms with Gasteiger partial charge in [0.15, 0.2) is 0 Å². The van der Waals surface area contributed by atoms with E-state index in [1.54, 1.807) is 12.1 Å². The first-order chi connectivity index (χ1) is 8.51. The molecule has 2 aromatic heterocycles. The van der Waals surface area contributed by atoms with Gasteiger partial charge in [0.25, 0.3) is 10.0 Å². The maximum atomic E-state index is 12.0. The minimum Gasteiger partial charge on any atom is -0.263 e. The van der Waals surface area contributed by atoms with Crippen LogP contribution in [-0.4, -0.2) is 18.4 Å². The molecule has 0 radical (unpaired) electrons. The molecule has 0 amide bonds. The van der Waals surface area contributed by atoms with E-state index in [9.17, 15) is 8.42 Å². The molecule has 0 bridgehead atoms. The highest BCUT2D eigenvalue weighted by Crippen LogP contribution is 2.23. The van der Waals surface area contributed by atoms with Crippen molar-refractivity contribution in [2.75, 3.05) is 4.72 Å². The number of sulfonamides is 1. The highest BCUT2D eigenvalue weighted by Gasteiger charge is 2.17. The van der Waals surface area contributed by atoms with Gasteiger partial charge in [-0.1, -0.05) is 6.92 Å². The maximum absolute atomic E-state index is 12.0. The first kappa shape index (κ1) is 13.3. The van der Waals surface area contributed by atoms with Crippen molar-refractivity contribution in [1.29, 1.82) is 0 Å². The van der Waals surface area contributed by atoms with Crippen LogP contribution in [0.3, 0.4) is 0 Å². The fourth-order valence-corrected chi connectivity index (χ4v) is 3.72. The van der Waals surface area contributed by atoms with Gasteiger partial charge in [-0.25, -0.2) is 13.4 Å². The van der Waals surface area contributed by atoms with Crippen LogP contribution in [-0.2, 0) is 16.4 Å². The van der Waals surface area contributed by atoms with Crippen LogP contribution in [0.2, 0.25) is 5.28 Å². The van der Waals surface area contributed by atoms with Gasteiger partial charge in [0, 0.05) is 11.1 Å². The van der Waals surface area contributed by atoms with Crippen LogP contribution in [0.25, 0.3) is 0 Å². The van der Waals surface area contributed by atoms with Gasteiger partial charge >= 0.3 is 0 Å². The Morgan fingerprint density at radius 1 is 1.39 bits per heavy atom. The number of nitrogens with one attached hydrogen (secondary N) is 1. The van der Waals surface area contributed by atoms with Crippen LogP contribution in [0.1, 0.15) is 11.8 Å². The van der Waals surface area contributed by atoms with Gasteiger partial charge in [0.2, 0.25) is 5.28 Å². The number of nitrogens with zero attached hydrogens (tertiary/aromatic N) is 2. The van der Waals surface area contributed by atoms with E-state index in [1.165, 1.54) is 23.6 Å². The average molecular weight is 304 g/mol. The lowest BCUT2D eigenvalue weighted by molar-refractivity contribution is 0.603. The zero-order valence-electron chi connectivity index (χ0n) is 9.42. The van der Waals surface area contributed by atoms with E-state index in [0.29, 0.717) is 0 Å². The molecule has 0 aliphatic heterocycles. The van der Waals surface area contributed by atoms with Gasteiger partial charge in [-0.3, -0.25) is 4.72 Å². The lowest BCUT2D eigenvalue weighted by Crippen LogP contribution is -2.12. The number of halogens is 1. The third-order valence-electron chi connectivity index (χ3n) is 2.12. The van der Waals surface area contributed by atoms with Gasteiger partial charge in [-0.15, -0.1) is 11.3 Å². The number of aromatic nitrogens is 2. The zero-order chi connectivity index (χ0) is 13.2. The normalized spacial score (nSPS) is 11.4. The van der Waals surface area contributed by atoms with Crippen molar-refractivity contribution >= 4 is 38.8 Å². The minimum absolute atomic E-state index is 0.00405. The molecule has 0 atom stereocenters. The van der Waals surface area contributed by atoms with E-state index in [0.717, 1.165) is 11.3 Å². The molecule has 0 saturated heterocycles. The molecule has 0 fully saturated rings. The Kier molecular flexibility index (Phi) is 3.84. The van der Waals surface area contributed by atoms with Crippen molar-refractivity contribution in [2.45, 2.75) is 17.6 Å². The van der Waals surface area contributed by atoms with Crippen molar-refractivity contribution in [1.82, 2.24) is 9.97 Å². The summed E-state index contributed by atoms with van der Waals surface area (Å²) in [5.41, 5.74) is 0. The lowest BCUT2D eigenvalue weighted by Gasteiger charge is -2.04. The summed E-state index contributed by atoms with van der Waals surface area (Å²) in [7, 11) is -3.60. The number of rotatable bonds is 4. The molecule has 2 heterocycles. The molecule has 0 unspecified atom stereocenters. The summed E-state index contributed by atoms with van der Waals surface area (Å²) in [5.74, 6) is 0.154. The van der Waals surface area contributed by atoms with Crippen molar-refractivity contribution < 1.29 is 8.42 Å². The standard InChI is InChI=1S/C10H10ClN3O2S2/c1-2-7-3-4-9(17-7)18(15,16)14-8-5-6-12-10(11)13-8/h3-6H,2H2,1H3,(H,12,13,14). The summed E-state index contributed by atoms with van der Waals surface area (Å²) in [4.78, 5) is 8.47. The topological polar surface area (TPSA) is 72.0 Å². The number of hydrogen-bond acceptors (Lipinski definition) is 5. The Morgan fingerprint density at radius 2 is 2.17 bits per heavy atom. The van der Waals surface area contributed by atoms with Crippen LogP contribution in [0.5, 0.6) is 0 Å². The van der Waals surface area contributed by atoms with Gasteiger partial charge in [-0.2, -0.15) is 4.98 Å². The van der Waals surface area contributed by atoms with Gasteiger partial charge in [-0.05, 0) is 36.2 Å². The number of thiophene rings is 1. The van der Waals surface area contributed by atoms with Crippen molar-refractivity contribution in [3.63, 3.8) is 0 Å². The maximum Gasteiger partial charge on any atom is 0.272 e. The summed E-state index contributed by atoms with van der Waals surface area (Å²) in [6.07, 6.45) is 2.19. The quantitative estimate of drug-likeness (QED) is 0.881. The first-order valence-electron chi connectivity index (χ1n) is 5.11. The zero-order valence-corrected chi connectivity index (χ0v) is 11.8. The highest BCUT2D eigenvalue weighted by molar-refractivity contribution is 7.94. The molecule has 96 valence electrons. The number of aryl methyl sites for hydroxylation is 1. The fourth-order valence-electron chi connectivity index (χ4n) is 1.27. The van der Waals surface area contributed by atoms with Gasteiger partial charge in [0.1, 0.15) is 10.0 Å². The van der Waals surface area contributed by atoms with E-state index < -0.39 is 10.0 Å². The molecule has 0 aliphatic carbocycles. The van der Waals surface area contributed by atoms with Crippen molar-refractivity contribution in [3.05, 3.63) is 34.6 Å². The molecule has 0 saturated carbocycles. The Labute approximate surface area is 114 Å². The van der Waals surface area contributed by atoms with Crippen LogP contribution < -0.4 is 4.72 Å². The third kappa shape index (κ3) is 2.98. The average Bonchev–Trinajstić information content (AvgIpc) is 2.77. The van der Waals surface area contributed by atoms with E-state index in [4.69, 9.17) is 11.6 Å². The second kappa shape index (κ2) is 5.21. The van der Waals surface area contributed by atoms with E-state index in [2.05, 4.69) is 14.7 Å². The van der Waals surface area contributed by atoms with Gasteiger partial charge < -0.3 is 0 Å². The Hall–Kier alpha value is -1.18. The van der Waals surface area contributed by atoms with Crippen LogP contribution in [0, 0.1) is 0 Å². The monoisotopic (exact) mass is 303 g/mol. The molecule has 2 rings (SSSR count). The van der Waals surface area contributed by atoms with Crippen LogP contribution in [0.4, 0.5) is 5.82 Å². The number of anilines is 1. The largest absolute Gasteiger partial charge is 0.272 e. The highest BCUT2D eigenvalue weighted by atomic mass is 35.5. The van der Waals surface area contributed by atoms with E-state index in [1.807, 2.05) is 6.92 Å². The summed E-state index contributed by atoms with van der Waals surface area (Å²) < 4.78 is 26.7. The van der Waals surface area contributed by atoms with Crippen molar-refractivity contribution in [3.8, 4) is 0 Å². The molecule has 2 aromatic rings.